The summed E-state index contributed by atoms with van der Waals surface area (Å²) in [4.78, 5) is 6.87. The van der Waals surface area contributed by atoms with Crippen LogP contribution in [-0.4, -0.2) is 53.9 Å². The first-order valence-corrected chi connectivity index (χ1v) is 13.1. The van der Waals surface area contributed by atoms with Crippen LogP contribution in [0.15, 0.2) is 41.7 Å². The Balaban J connectivity index is 1.57. The highest BCUT2D eigenvalue weighted by Gasteiger charge is 2.30. The van der Waals surface area contributed by atoms with Crippen molar-refractivity contribution in [1.82, 2.24) is 14.5 Å². The summed E-state index contributed by atoms with van der Waals surface area (Å²) in [5.41, 5.74) is 2.18. The first kappa shape index (κ1) is 22.5. The lowest BCUT2D eigenvalue weighted by Gasteiger charge is -2.26. The van der Waals surface area contributed by atoms with Crippen molar-refractivity contribution < 1.29 is 13.2 Å². The minimum Gasteiger partial charge on any atom is -0.377 e. The van der Waals surface area contributed by atoms with Crippen LogP contribution in [0.4, 0.5) is 0 Å². The zero-order valence-electron chi connectivity index (χ0n) is 18.7. The molecule has 4 rings (SSSR count). The molecule has 0 amide bonds. The molecule has 1 saturated carbocycles. The molecule has 2 aromatic rings. The normalized spacial score (nSPS) is 19.5. The summed E-state index contributed by atoms with van der Waals surface area (Å²) < 4.78 is 33.9. The highest BCUT2D eigenvalue weighted by molar-refractivity contribution is 7.91. The summed E-state index contributed by atoms with van der Waals surface area (Å²) in [6.07, 6.45) is 7.67. The fraction of sp³-hybridized carbons (Fsp3) is 0.625. The van der Waals surface area contributed by atoms with Gasteiger partial charge in [-0.2, -0.15) is 0 Å². The average molecular weight is 446 g/mol. The highest BCUT2D eigenvalue weighted by atomic mass is 32.2. The Morgan fingerprint density at radius 1 is 1.16 bits per heavy atom. The molecule has 2 aliphatic rings. The zero-order chi connectivity index (χ0) is 21.8. The molecule has 1 aromatic heterocycles. The molecular formula is C24H35N3O3S. The van der Waals surface area contributed by atoms with E-state index in [1.807, 2.05) is 22.8 Å². The van der Waals surface area contributed by atoms with E-state index in [0.29, 0.717) is 19.2 Å². The predicted molar refractivity (Wildman–Crippen MR) is 122 cm³/mol. The third kappa shape index (κ3) is 5.76. The van der Waals surface area contributed by atoms with Gasteiger partial charge < -0.3 is 9.30 Å². The smallest absolute Gasteiger partial charge is 0.228 e. The van der Waals surface area contributed by atoms with Crippen molar-refractivity contribution in [2.24, 2.45) is 5.92 Å². The molecule has 2 heterocycles. The molecule has 0 radical (unpaired) electrons. The number of hydrogen-bond acceptors (Lipinski definition) is 5. The quantitative estimate of drug-likeness (QED) is 0.528. The number of aromatic nitrogens is 2. The van der Waals surface area contributed by atoms with Crippen molar-refractivity contribution in [2.45, 2.75) is 75.6 Å². The summed E-state index contributed by atoms with van der Waals surface area (Å²) in [6.45, 7) is 7.59. The summed E-state index contributed by atoms with van der Waals surface area (Å²) in [7, 11) is -3.45. The Kier molecular flexibility index (Phi) is 7.14. The van der Waals surface area contributed by atoms with E-state index in [9.17, 15) is 8.42 Å². The molecule has 1 unspecified atom stereocenters. The Hall–Kier alpha value is -1.70. The fourth-order valence-corrected chi connectivity index (χ4v) is 5.39. The van der Waals surface area contributed by atoms with Crippen LogP contribution in [0.5, 0.6) is 0 Å². The fourth-order valence-electron chi connectivity index (χ4n) is 4.26. The van der Waals surface area contributed by atoms with Crippen molar-refractivity contribution in [3.05, 3.63) is 47.8 Å². The molecule has 7 heteroatoms. The lowest BCUT2D eigenvalue weighted by molar-refractivity contribution is 0.0680. The third-order valence-corrected chi connectivity index (χ3v) is 8.40. The average Bonchev–Trinajstić information content (AvgIpc) is 3.24. The van der Waals surface area contributed by atoms with Crippen molar-refractivity contribution in [3.8, 4) is 0 Å². The zero-order valence-corrected chi connectivity index (χ0v) is 19.6. The number of imidazole rings is 1. The molecule has 2 fully saturated rings. The van der Waals surface area contributed by atoms with E-state index < -0.39 is 15.1 Å². The molecule has 170 valence electrons. The number of ether oxygens (including phenoxy) is 1. The molecule has 0 N–H and O–H groups in total. The predicted octanol–water partition coefficient (Wildman–Crippen LogP) is 3.70. The first-order chi connectivity index (χ1) is 14.9. The Morgan fingerprint density at radius 3 is 2.58 bits per heavy atom. The number of hydrogen-bond donors (Lipinski definition) is 0. The topological polar surface area (TPSA) is 64.4 Å². The summed E-state index contributed by atoms with van der Waals surface area (Å²) in [6, 6.07) is 10.2. The minimum atomic E-state index is -3.45. The van der Waals surface area contributed by atoms with Crippen molar-refractivity contribution in [3.63, 3.8) is 0 Å². The van der Waals surface area contributed by atoms with Gasteiger partial charge in [-0.1, -0.05) is 30.3 Å². The lowest BCUT2D eigenvalue weighted by Crippen LogP contribution is -2.34. The van der Waals surface area contributed by atoms with E-state index in [4.69, 9.17) is 4.74 Å². The monoisotopic (exact) mass is 445 g/mol. The van der Waals surface area contributed by atoms with Gasteiger partial charge in [-0.25, -0.2) is 13.4 Å². The minimum absolute atomic E-state index is 0.205. The number of benzene rings is 1. The molecule has 1 aliphatic carbocycles. The van der Waals surface area contributed by atoms with Gasteiger partial charge in [-0.3, -0.25) is 4.90 Å². The Bertz CT molecular complexity index is 946. The molecule has 6 nitrogen and oxygen atoms in total. The maximum absolute atomic E-state index is 13.0. The van der Waals surface area contributed by atoms with E-state index in [1.54, 1.807) is 20.0 Å². The van der Waals surface area contributed by atoms with Gasteiger partial charge in [0.05, 0.1) is 23.2 Å². The van der Waals surface area contributed by atoms with E-state index in [1.165, 1.54) is 18.4 Å². The van der Waals surface area contributed by atoms with Gasteiger partial charge in [0.1, 0.15) is 0 Å². The summed E-state index contributed by atoms with van der Waals surface area (Å²) in [5, 5.41) is -0.287. The van der Waals surface area contributed by atoms with Gasteiger partial charge in [0, 0.05) is 32.8 Å². The molecule has 1 aromatic carbocycles. The number of rotatable bonds is 11. The molecule has 1 saturated heterocycles. The van der Waals surface area contributed by atoms with Crippen LogP contribution < -0.4 is 0 Å². The van der Waals surface area contributed by atoms with Crippen LogP contribution in [0.2, 0.25) is 0 Å². The second-order valence-corrected chi connectivity index (χ2v) is 11.7. The standard InChI is InChI=1S/C24H35N3O3S/c1-19(2)31(28,29)24-25-15-22(27(24)13-12-20-7-4-3-5-8-20)17-26(16-21-10-11-21)18-23-9-6-14-30-23/h3-5,7-8,15,19,21,23H,6,9-14,16-18H2,1-2H3. The van der Waals surface area contributed by atoms with Crippen LogP contribution in [0.1, 0.15) is 50.8 Å². The van der Waals surface area contributed by atoms with Gasteiger partial charge in [0.2, 0.25) is 15.0 Å². The van der Waals surface area contributed by atoms with Gasteiger partial charge in [-0.05, 0) is 57.4 Å². The van der Waals surface area contributed by atoms with Crippen molar-refractivity contribution in [2.75, 3.05) is 19.7 Å². The molecule has 0 spiro atoms. The largest absolute Gasteiger partial charge is 0.377 e. The van der Waals surface area contributed by atoms with E-state index in [2.05, 4.69) is 22.0 Å². The first-order valence-electron chi connectivity index (χ1n) is 11.6. The molecule has 31 heavy (non-hydrogen) atoms. The van der Waals surface area contributed by atoms with Crippen LogP contribution in [0, 0.1) is 5.92 Å². The Labute approximate surface area is 186 Å². The Morgan fingerprint density at radius 2 is 1.94 bits per heavy atom. The molecule has 0 bridgehead atoms. The van der Waals surface area contributed by atoms with Crippen LogP contribution in [-0.2, 0) is 34.1 Å². The number of sulfone groups is 1. The maximum atomic E-state index is 13.0. The molecule has 1 atom stereocenters. The van der Waals surface area contributed by atoms with Crippen LogP contribution >= 0.6 is 0 Å². The van der Waals surface area contributed by atoms with E-state index in [0.717, 1.165) is 50.6 Å². The maximum Gasteiger partial charge on any atom is 0.228 e. The second-order valence-electron chi connectivity index (χ2n) is 9.29. The van der Waals surface area contributed by atoms with Crippen LogP contribution in [0.25, 0.3) is 0 Å². The third-order valence-electron chi connectivity index (χ3n) is 6.33. The van der Waals surface area contributed by atoms with Gasteiger partial charge >= 0.3 is 0 Å². The van der Waals surface area contributed by atoms with Gasteiger partial charge in [0.25, 0.3) is 0 Å². The van der Waals surface area contributed by atoms with Gasteiger partial charge in [0.15, 0.2) is 0 Å². The summed E-state index contributed by atoms with van der Waals surface area (Å²) >= 11 is 0. The summed E-state index contributed by atoms with van der Waals surface area (Å²) in [5.74, 6) is 0.765. The number of aryl methyl sites for hydroxylation is 1. The SMILES string of the molecule is CC(C)S(=O)(=O)c1ncc(CN(CC2CC2)CC2CCCO2)n1CCc1ccccc1. The van der Waals surface area contributed by atoms with Crippen molar-refractivity contribution >= 4 is 9.84 Å². The van der Waals surface area contributed by atoms with E-state index >= 15 is 0 Å². The second kappa shape index (κ2) is 9.84. The van der Waals surface area contributed by atoms with Crippen molar-refractivity contribution in [1.29, 1.82) is 0 Å². The van der Waals surface area contributed by atoms with Gasteiger partial charge in [-0.15, -0.1) is 0 Å². The molecular weight excluding hydrogens is 410 g/mol. The number of nitrogens with zero attached hydrogens (tertiary/aromatic N) is 3. The highest BCUT2D eigenvalue weighted by Crippen LogP contribution is 2.31. The van der Waals surface area contributed by atoms with E-state index in [-0.39, 0.29) is 5.16 Å². The lowest BCUT2D eigenvalue weighted by atomic mass is 10.1. The molecule has 1 aliphatic heterocycles. The van der Waals surface area contributed by atoms with Crippen LogP contribution in [0.3, 0.4) is 0 Å².